The number of carbonyl (C=O) groups is 3. The molecule has 2 amide bonds. The molecule has 7 nitrogen and oxygen atoms in total. The molecule has 1 saturated heterocycles. The fraction of sp³-hybridized carbons (Fsp3) is 0.526. The average Bonchev–Trinajstić information content (AvgIpc) is 3.07. The van der Waals surface area contributed by atoms with Crippen molar-refractivity contribution >= 4 is 17.8 Å². The number of benzene rings is 1. The lowest BCUT2D eigenvalue weighted by atomic mass is 10.0. The van der Waals surface area contributed by atoms with Gasteiger partial charge in [0.15, 0.2) is 0 Å². The van der Waals surface area contributed by atoms with Crippen molar-refractivity contribution in [1.82, 2.24) is 15.1 Å². The van der Waals surface area contributed by atoms with Gasteiger partial charge in [-0.15, -0.1) is 0 Å². The summed E-state index contributed by atoms with van der Waals surface area (Å²) in [6, 6.07) is 8.05. The Morgan fingerprint density at radius 1 is 1.27 bits per heavy atom. The lowest BCUT2D eigenvalue weighted by molar-refractivity contribution is -0.147. The molecule has 1 unspecified atom stereocenters. The molecule has 0 saturated carbocycles. The summed E-state index contributed by atoms with van der Waals surface area (Å²) in [5.41, 5.74) is 2.63. The quantitative estimate of drug-likeness (QED) is 0.748. The van der Waals surface area contributed by atoms with Crippen LogP contribution in [-0.2, 0) is 32.0 Å². The zero-order valence-electron chi connectivity index (χ0n) is 15.2. The van der Waals surface area contributed by atoms with Gasteiger partial charge in [-0.2, -0.15) is 0 Å². The number of nitrogens with one attached hydrogen (secondary N) is 1. The van der Waals surface area contributed by atoms with E-state index in [0.29, 0.717) is 6.54 Å². The van der Waals surface area contributed by atoms with Gasteiger partial charge in [0.05, 0.1) is 19.6 Å². The molecule has 1 aromatic carbocycles. The Balaban J connectivity index is 1.68. The summed E-state index contributed by atoms with van der Waals surface area (Å²) in [6.45, 7) is 1.20. The molecule has 3 rings (SSSR count). The van der Waals surface area contributed by atoms with Gasteiger partial charge in [-0.05, 0) is 24.0 Å². The van der Waals surface area contributed by atoms with Gasteiger partial charge in [-0.3, -0.25) is 19.3 Å². The number of rotatable bonds is 5. The number of ether oxygens (including phenoxy) is 1. The summed E-state index contributed by atoms with van der Waals surface area (Å²) in [6.07, 6.45) is 1.85. The predicted molar refractivity (Wildman–Crippen MR) is 95.4 cm³/mol. The third-order valence-electron chi connectivity index (χ3n) is 5.26. The number of methoxy groups -OCH3 is 1. The molecule has 1 fully saturated rings. The van der Waals surface area contributed by atoms with Gasteiger partial charge < -0.3 is 15.0 Å². The minimum Gasteiger partial charge on any atom is -0.468 e. The van der Waals surface area contributed by atoms with E-state index in [1.54, 1.807) is 7.05 Å². The number of esters is 1. The van der Waals surface area contributed by atoms with Crippen molar-refractivity contribution in [2.24, 2.45) is 0 Å². The maximum absolute atomic E-state index is 12.5. The Kier molecular flexibility index (Phi) is 5.56. The lowest BCUT2D eigenvalue weighted by Gasteiger charge is -2.39. The molecular weight excluding hydrogens is 334 g/mol. The van der Waals surface area contributed by atoms with E-state index in [0.717, 1.165) is 19.4 Å². The van der Waals surface area contributed by atoms with Crippen molar-refractivity contribution in [1.29, 1.82) is 0 Å². The highest BCUT2D eigenvalue weighted by molar-refractivity contribution is 5.90. The van der Waals surface area contributed by atoms with Gasteiger partial charge in [0.25, 0.3) is 0 Å². The van der Waals surface area contributed by atoms with Crippen molar-refractivity contribution < 1.29 is 19.1 Å². The standard InChI is InChI=1S/C19H25N3O4/c1-21(12-18(24)26-2)17(23)11-16-19(25)20-7-8-22(16)15-9-13-5-3-4-6-14(13)10-15/h3-6,15-16H,7-12H2,1-2H3,(H,20,25). The molecule has 1 atom stereocenters. The number of likely N-dealkylation sites (N-methyl/N-ethyl adjacent to an activating group) is 1. The second-order valence-corrected chi connectivity index (χ2v) is 6.91. The number of piperazine rings is 1. The molecule has 1 N–H and O–H groups in total. The van der Waals surface area contributed by atoms with Crippen molar-refractivity contribution in [3.63, 3.8) is 0 Å². The Bertz CT molecular complexity index is 681. The van der Waals surface area contributed by atoms with E-state index in [-0.39, 0.29) is 30.8 Å². The molecule has 1 aromatic rings. The number of amides is 2. The Labute approximate surface area is 153 Å². The topological polar surface area (TPSA) is 78.9 Å². The summed E-state index contributed by atoms with van der Waals surface area (Å²) >= 11 is 0. The average molecular weight is 359 g/mol. The van der Waals surface area contributed by atoms with Crippen molar-refractivity contribution in [3.05, 3.63) is 35.4 Å². The van der Waals surface area contributed by atoms with E-state index in [1.165, 1.54) is 23.1 Å². The molecule has 1 heterocycles. The van der Waals surface area contributed by atoms with Crippen LogP contribution in [0.25, 0.3) is 0 Å². The molecule has 0 bridgehead atoms. The van der Waals surface area contributed by atoms with Crippen LogP contribution in [0.1, 0.15) is 17.5 Å². The first-order valence-electron chi connectivity index (χ1n) is 8.90. The second-order valence-electron chi connectivity index (χ2n) is 6.91. The van der Waals surface area contributed by atoms with Crippen LogP contribution in [0, 0.1) is 0 Å². The van der Waals surface area contributed by atoms with Crippen LogP contribution in [-0.4, -0.2) is 73.5 Å². The van der Waals surface area contributed by atoms with E-state index in [9.17, 15) is 14.4 Å². The highest BCUT2D eigenvalue weighted by Crippen LogP contribution is 2.28. The summed E-state index contributed by atoms with van der Waals surface area (Å²) in [5, 5.41) is 2.86. The normalized spacial score (nSPS) is 20.4. The van der Waals surface area contributed by atoms with Gasteiger partial charge in [-0.25, -0.2) is 0 Å². The zero-order valence-corrected chi connectivity index (χ0v) is 15.2. The Morgan fingerprint density at radius 3 is 2.54 bits per heavy atom. The third-order valence-corrected chi connectivity index (χ3v) is 5.26. The van der Waals surface area contributed by atoms with Crippen molar-refractivity contribution in [2.45, 2.75) is 31.3 Å². The van der Waals surface area contributed by atoms with E-state index >= 15 is 0 Å². The molecule has 0 radical (unpaired) electrons. The molecular formula is C19H25N3O4. The number of hydrogen-bond acceptors (Lipinski definition) is 5. The summed E-state index contributed by atoms with van der Waals surface area (Å²) in [4.78, 5) is 39.8. The first-order valence-corrected chi connectivity index (χ1v) is 8.90. The maximum atomic E-state index is 12.5. The number of fused-ring (bicyclic) bond motifs is 1. The van der Waals surface area contributed by atoms with Crippen LogP contribution in [0.15, 0.2) is 24.3 Å². The molecule has 140 valence electrons. The van der Waals surface area contributed by atoms with Crippen molar-refractivity contribution in [3.8, 4) is 0 Å². The van der Waals surface area contributed by atoms with Gasteiger partial charge in [0, 0.05) is 26.2 Å². The van der Waals surface area contributed by atoms with E-state index in [1.807, 2.05) is 12.1 Å². The second kappa shape index (κ2) is 7.86. The van der Waals surface area contributed by atoms with Gasteiger partial charge in [-0.1, -0.05) is 24.3 Å². The predicted octanol–water partition coefficient (Wildman–Crippen LogP) is -0.0243. The number of nitrogens with zero attached hydrogens (tertiary/aromatic N) is 2. The van der Waals surface area contributed by atoms with Gasteiger partial charge in [0.1, 0.15) is 6.54 Å². The summed E-state index contributed by atoms with van der Waals surface area (Å²) < 4.78 is 4.60. The molecule has 2 aliphatic rings. The van der Waals surface area contributed by atoms with E-state index in [2.05, 4.69) is 27.1 Å². The zero-order chi connectivity index (χ0) is 18.7. The number of hydrogen-bond donors (Lipinski definition) is 1. The first kappa shape index (κ1) is 18.4. The van der Waals surface area contributed by atoms with Crippen LogP contribution in [0.3, 0.4) is 0 Å². The third kappa shape index (κ3) is 3.88. The fourth-order valence-corrected chi connectivity index (χ4v) is 3.82. The van der Waals surface area contributed by atoms with Crippen LogP contribution >= 0.6 is 0 Å². The smallest absolute Gasteiger partial charge is 0.325 e. The van der Waals surface area contributed by atoms with Crippen LogP contribution in [0.4, 0.5) is 0 Å². The van der Waals surface area contributed by atoms with Crippen LogP contribution in [0.2, 0.25) is 0 Å². The Hall–Kier alpha value is -2.41. The number of carbonyl (C=O) groups excluding carboxylic acids is 3. The minimum atomic E-state index is -0.504. The van der Waals surface area contributed by atoms with Gasteiger partial charge in [0.2, 0.25) is 11.8 Å². The Morgan fingerprint density at radius 2 is 1.92 bits per heavy atom. The molecule has 0 spiro atoms. The minimum absolute atomic E-state index is 0.0617. The lowest BCUT2D eigenvalue weighted by Crippen LogP contribution is -2.59. The van der Waals surface area contributed by atoms with Crippen LogP contribution < -0.4 is 5.32 Å². The maximum Gasteiger partial charge on any atom is 0.325 e. The monoisotopic (exact) mass is 359 g/mol. The molecule has 1 aliphatic carbocycles. The van der Waals surface area contributed by atoms with Crippen LogP contribution in [0.5, 0.6) is 0 Å². The highest BCUT2D eigenvalue weighted by atomic mass is 16.5. The fourth-order valence-electron chi connectivity index (χ4n) is 3.82. The summed E-state index contributed by atoms with van der Waals surface area (Å²) in [5.74, 6) is -0.831. The molecule has 1 aliphatic heterocycles. The van der Waals surface area contributed by atoms with E-state index in [4.69, 9.17) is 0 Å². The molecule has 26 heavy (non-hydrogen) atoms. The summed E-state index contributed by atoms with van der Waals surface area (Å²) in [7, 11) is 2.84. The van der Waals surface area contributed by atoms with Crippen molar-refractivity contribution in [2.75, 3.05) is 33.8 Å². The SMILES string of the molecule is COC(=O)CN(C)C(=O)CC1C(=O)NCCN1C1Cc2ccccc2C1. The first-order chi connectivity index (χ1) is 12.5. The van der Waals surface area contributed by atoms with E-state index < -0.39 is 12.0 Å². The van der Waals surface area contributed by atoms with Gasteiger partial charge >= 0.3 is 5.97 Å². The highest BCUT2D eigenvalue weighted by Gasteiger charge is 2.38. The molecule has 7 heteroatoms. The largest absolute Gasteiger partial charge is 0.468 e. The molecule has 0 aromatic heterocycles.